The van der Waals surface area contributed by atoms with Gasteiger partial charge in [0.15, 0.2) is 0 Å². The Morgan fingerprint density at radius 2 is 1.92 bits per heavy atom. The fourth-order valence-corrected chi connectivity index (χ4v) is 4.04. The molecule has 0 amide bonds. The molecule has 0 saturated carbocycles. The summed E-state index contributed by atoms with van der Waals surface area (Å²) < 4.78 is 33.6. The monoisotopic (exact) mass is 364 g/mol. The molecule has 0 atom stereocenters. The van der Waals surface area contributed by atoms with E-state index in [1.54, 1.807) is 0 Å². The van der Waals surface area contributed by atoms with Crippen LogP contribution in [0.25, 0.3) is 10.9 Å². The van der Waals surface area contributed by atoms with Gasteiger partial charge in [-0.2, -0.15) is 12.7 Å². The van der Waals surface area contributed by atoms with Crippen LogP contribution in [0.1, 0.15) is 11.1 Å². The van der Waals surface area contributed by atoms with E-state index in [1.165, 1.54) is 4.31 Å². The number of pyridine rings is 1. The first-order chi connectivity index (χ1) is 12.0. The lowest BCUT2D eigenvalue weighted by atomic mass is 10.1. The van der Waals surface area contributed by atoms with Crippen LogP contribution in [0.15, 0.2) is 24.3 Å². The minimum Gasteiger partial charge on any atom is -0.379 e. The van der Waals surface area contributed by atoms with Gasteiger partial charge in [-0.1, -0.05) is 18.2 Å². The second-order valence-corrected chi connectivity index (χ2v) is 7.89. The Labute approximate surface area is 148 Å². The van der Waals surface area contributed by atoms with Crippen LogP contribution < -0.4 is 10.0 Å². The van der Waals surface area contributed by atoms with Gasteiger partial charge in [0.1, 0.15) is 5.82 Å². The number of aromatic nitrogens is 1. The summed E-state index contributed by atoms with van der Waals surface area (Å²) in [5.41, 5.74) is 3.12. The quantitative estimate of drug-likeness (QED) is 0.758. The molecule has 2 heterocycles. The Morgan fingerprint density at radius 1 is 1.16 bits per heavy atom. The molecule has 0 unspecified atom stereocenters. The van der Waals surface area contributed by atoms with Crippen molar-refractivity contribution in [1.29, 1.82) is 0 Å². The molecule has 8 heteroatoms. The molecule has 1 saturated heterocycles. The predicted octanol–water partition coefficient (Wildman–Crippen LogP) is 1.43. The SMILES string of the molecule is Cc1cc2cccc(C)c2nc1NCCNS(=O)(=O)N1CCOCC1. The molecule has 0 spiro atoms. The average molecular weight is 364 g/mol. The highest BCUT2D eigenvalue weighted by Crippen LogP contribution is 2.22. The number of hydrogen-bond acceptors (Lipinski definition) is 5. The molecule has 1 aromatic heterocycles. The van der Waals surface area contributed by atoms with Gasteiger partial charge in [0.2, 0.25) is 0 Å². The summed E-state index contributed by atoms with van der Waals surface area (Å²) in [7, 11) is -3.45. The number of para-hydroxylation sites is 1. The van der Waals surface area contributed by atoms with E-state index < -0.39 is 10.2 Å². The summed E-state index contributed by atoms with van der Waals surface area (Å²) in [6.07, 6.45) is 0. The summed E-state index contributed by atoms with van der Waals surface area (Å²) in [5, 5.41) is 4.33. The second kappa shape index (κ2) is 7.65. The lowest BCUT2D eigenvalue weighted by Gasteiger charge is -2.26. The van der Waals surface area contributed by atoms with Crippen LogP contribution in [-0.2, 0) is 14.9 Å². The minimum absolute atomic E-state index is 0.298. The van der Waals surface area contributed by atoms with Gasteiger partial charge in [0.05, 0.1) is 18.7 Å². The van der Waals surface area contributed by atoms with Crippen molar-refractivity contribution in [3.05, 3.63) is 35.4 Å². The number of fused-ring (bicyclic) bond motifs is 1. The van der Waals surface area contributed by atoms with Gasteiger partial charge in [-0.15, -0.1) is 0 Å². The Hall–Kier alpha value is -1.74. The lowest BCUT2D eigenvalue weighted by Crippen LogP contribution is -2.47. The molecule has 0 aliphatic carbocycles. The van der Waals surface area contributed by atoms with Crippen molar-refractivity contribution >= 4 is 26.9 Å². The number of aryl methyl sites for hydroxylation is 2. The van der Waals surface area contributed by atoms with Crippen LogP contribution in [0, 0.1) is 13.8 Å². The molecule has 1 aromatic carbocycles. The first kappa shape index (κ1) is 18.1. The van der Waals surface area contributed by atoms with Gasteiger partial charge < -0.3 is 10.1 Å². The maximum atomic E-state index is 12.2. The summed E-state index contributed by atoms with van der Waals surface area (Å²) >= 11 is 0. The van der Waals surface area contributed by atoms with Crippen molar-refractivity contribution in [1.82, 2.24) is 14.0 Å². The van der Waals surface area contributed by atoms with Crippen molar-refractivity contribution < 1.29 is 13.2 Å². The number of anilines is 1. The summed E-state index contributed by atoms with van der Waals surface area (Å²) in [5.74, 6) is 0.785. The highest BCUT2D eigenvalue weighted by molar-refractivity contribution is 7.87. The summed E-state index contributed by atoms with van der Waals surface area (Å²) in [6, 6.07) is 8.19. The predicted molar refractivity (Wildman–Crippen MR) is 99.0 cm³/mol. The number of nitrogens with zero attached hydrogens (tertiary/aromatic N) is 2. The molecule has 25 heavy (non-hydrogen) atoms. The normalized spacial score (nSPS) is 16.2. The van der Waals surface area contributed by atoms with Gasteiger partial charge >= 0.3 is 0 Å². The van der Waals surface area contributed by atoms with Gasteiger partial charge in [0, 0.05) is 31.6 Å². The number of rotatable bonds is 6. The standard InChI is InChI=1S/C17H24N4O3S/c1-13-4-3-5-15-12-14(2)17(20-16(13)15)18-6-7-19-25(22,23)21-8-10-24-11-9-21/h3-5,12,19H,6-11H2,1-2H3,(H,18,20). The fraction of sp³-hybridized carbons (Fsp3) is 0.471. The highest BCUT2D eigenvalue weighted by atomic mass is 32.2. The van der Waals surface area contributed by atoms with Gasteiger partial charge in [0.25, 0.3) is 10.2 Å². The van der Waals surface area contributed by atoms with Crippen LogP contribution in [-0.4, -0.2) is 57.1 Å². The molecule has 3 rings (SSSR count). The molecule has 136 valence electrons. The molecule has 1 aliphatic rings. The van der Waals surface area contributed by atoms with Crippen molar-refractivity contribution in [2.75, 3.05) is 44.7 Å². The van der Waals surface area contributed by atoms with Crippen molar-refractivity contribution in [3.63, 3.8) is 0 Å². The van der Waals surface area contributed by atoms with E-state index in [0.717, 1.165) is 27.8 Å². The zero-order valence-corrected chi connectivity index (χ0v) is 15.4. The zero-order chi connectivity index (χ0) is 17.9. The Kier molecular flexibility index (Phi) is 5.53. The van der Waals surface area contributed by atoms with Crippen LogP contribution in [0.2, 0.25) is 0 Å². The minimum atomic E-state index is -3.45. The van der Waals surface area contributed by atoms with Crippen molar-refractivity contribution in [2.45, 2.75) is 13.8 Å². The molecule has 2 aromatic rings. The summed E-state index contributed by atoms with van der Waals surface area (Å²) in [4.78, 5) is 4.68. The second-order valence-electron chi connectivity index (χ2n) is 6.14. The van der Waals surface area contributed by atoms with Crippen LogP contribution in [0.3, 0.4) is 0 Å². The lowest BCUT2D eigenvalue weighted by molar-refractivity contribution is 0.0725. The zero-order valence-electron chi connectivity index (χ0n) is 14.6. The van der Waals surface area contributed by atoms with Crippen LogP contribution >= 0.6 is 0 Å². The molecule has 7 nitrogen and oxygen atoms in total. The molecule has 2 N–H and O–H groups in total. The molecular formula is C17H24N4O3S. The van der Waals surface area contributed by atoms with E-state index in [9.17, 15) is 8.42 Å². The van der Waals surface area contributed by atoms with E-state index in [1.807, 2.05) is 32.0 Å². The number of ether oxygens (including phenoxy) is 1. The van der Waals surface area contributed by atoms with Crippen molar-refractivity contribution in [2.24, 2.45) is 0 Å². The van der Waals surface area contributed by atoms with Gasteiger partial charge in [-0.25, -0.2) is 9.71 Å². The first-order valence-corrected chi connectivity index (χ1v) is 9.85. The number of morpholine rings is 1. The smallest absolute Gasteiger partial charge is 0.279 e. The Balaban J connectivity index is 1.59. The van der Waals surface area contributed by atoms with E-state index >= 15 is 0 Å². The van der Waals surface area contributed by atoms with Gasteiger partial charge in [-0.3, -0.25) is 0 Å². The van der Waals surface area contributed by atoms with Crippen molar-refractivity contribution in [3.8, 4) is 0 Å². The largest absolute Gasteiger partial charge is 0.379 e. The number of benzene rings is 1. The summed E-state index contributed by atoms with van der Waals surface area (Å²) in [6.45, 7) is 6.47. The van der Waals surface area contributed by atoms with Gasteiger partial charge in [-0.05, 0) is 31.0 Å². The third-order valence-corrected chi connectivity index (χ3v) is 5.86. The maximum absolute atomic E-state index is 12.2. The molecule has 1 fully saturated rings. The Bertz CT molecular complexity index is 848. The molecular weight excluding hydrogens is 340 g/mol. The fourth-order valence-electron chi connectivity index (χ4n) is 2.87. The third kappa shape index (κ3) is 4.27. The van der Waals surface area contributed by atoms with E-state index in [4.69, 9.17) is 4.74 Å². The molecule has 0 bridgehead atoms. The van der Waals surface area contributed by atoms with Crippen LogP contribution in [0.4, 0.5) is 5.82 Å². The van der Waals surface area contributed by atoms with E-state index in [-0.39, 0.29) is 0 Å². The number of hydrogen-bond donors (Lipinski definition) is 2. The van der Waals surface area contributed by atoms with Crippen LogP contribution in [0.5, 0.6) is 0 Å². The average Bonchev–Trinajstić information content (AvgIpc) is 2.60. The maximum Gasteiger partial charge on any atom is 0.279 e. The molecule has 1 aliphatic heterocycles. The topological polar surface area (TPSA) is 83.6 Å². The number of nitrogens with one attached hydrogen (secondary N) is 2. The molecule has 0 radical (unpaired) electrons. The first-order valence-electron chi connectivity index (χ1n) is 8.41. The highest BCUT2D eigenvalue weighted by Gasteiger charge is 2.23. The van der Waals surface area contributed by atoms with E-state index in [0.29, 0.717) is 39.4 Å². The third-order valence-electron chi connectivity index (χ3n) is 4.25. The Morgan fingerprint density at radius 3 is 2.68 bits per heavy atom. The van der Waals surface area contributed by atoms with E-state index in [2.05, 4.69) is 21.1 Å².